The molecule has 0 radical (unpaired) electrons. The lowest BCUT2D eigenvalue weighted by molar-refractivity contribution is -0.137. The molecule has 2 unspecified atom stereocenters. The summed E-state index contributed by atoms with van der Waals surface area (Å²) in [7, 11) is 0. The fourth-order valence-corrected chi connectivity index (χ4v) is 3.24. The molecule has 0 spiro atoms. The number of piperidine rings is 1. The van der Waals surface area contributed by atoms with Gasteiger partial charge in [-0.05, 0) is 32.6 Å². The van der Waals surface area contributed by atoms with Gasteiger partial charge in [-0.2, -0.15) is 0 Å². The molecule has 2 aliphatic rings. The Kier molecular flexibility index (Phi) is 4.29. The first-order valence-corrected chi connectivity index (χ1v) is 7.00. The highest BCUT2D eigenvalue weighted by Crippen LogP contribution is 2.36. The molecule has 2 aliphatic heterocycles. The molecule has 2 N–H and O–H groups in total. The fourth-order valence-electron chi connectivity index (χ4n) is 3.24. The molecular weight excluding hydrogens is 248 g/mol. The first-order chi connectivity index (χ1) is 9.02. The normalized spacial score (nSPS) is 29.4. The summed E-state index contributed by atoms with van der Waals surface area (Å²) in [5.74, 6) is -0.886. The van der Waals surface area contributed by atoms with Crippen molar-refractivity contribution in [3.05, 3.63) is 0 Å². The van der Waals surface area contributed by atoms with E-state index in [1.165, 1.54) is 0 Å². The van der Waals surface area contributed by atoms with E-state index in [-0.39, 0.29) is 37.2 Å². The number of hydrogen-bond donors (Lipinski definition) is 2. The van der Waals surface area contributed by atoms with Gasteiger partial charge in [-0.3, -0.25) is 4.79 Å². The van der Waals surface area contributed by atoms with E-state index in [9.17, 15) is 14.7 Å². The number of carbonyl (C=O) groups excluding carboxylic acids is 1. The summed E-state index contributed by atoms with van der Waals surface area (Å²) in [6.45, 7) is 2.63. The lowest BCUT2D eigenvalue weighted by Gasteiger charge is -2.40. The van der Waals surface area contributed by atoms with Crippen molar-refractivity contribution in [2.75, 3.05) is 13.1 Å². The van der Waals surface area contributed by atoms with Gasteiger partial charge in [0.1, 0.15) is 0 Å². The average Bonchev–Trinajstić information content (AvgIpc) is 2.62. The highest BCUT2D eigenvalue weighted by Gasteiger charge is 2.43. The molecule has 19 heavy (non-hydrogen) atoms. The Morgan fingerprint density at radius 1 is 1.26 bits per heavy atom. The Bertz CT molecular complexity index is 347. The zero-order valence-corrected chi connectivity index (χ0v) is 11.3. The standard InChI is InChI=1S/C13H22N2O4/c1-2-14(6-5-12(17)18)13(19)15-9-3-4-10(15)8-11(16)7-9/h9-11,16H,2-8H2,1H3,(H,17,18). The monoisotopic (exact) mass is 270 g/mol. The molecule has 6 heteroatoms. The van der Waals surface area contributed by atoms with Crippen LogP contribution < -0.4 is 0 Å². The van der Waals surface area contributed by atoms with Crippen molar-refractivity contribution >= 4 is 12.0 Å². The molecule has 2 heterocycles. The van der Waals surface area contributed by atoms with Crippen molar-refractivity contribution in [2.45, 2.75) is 57.2 Å². The Labute approximate surface area is 113 Å². The van der Waals surface area contributed by atoms with Gasteiger partial charge in [-0.1, -0.05) is 0 Å². The van der Waals surface area contributed by atoms with Gasteiger partial charge in [0.2, 0.25) is 0 Å². The van der Waals surface area contributed by atoms with Crippen LogP contribution in [0, 0.1) is 0 Å². The number of urea groups is 1. The van der Waals surface area contributed by atoms with Crippen molar-refractivity contribution < 1.29 is 19.8 Å². The number of amides is 2. The van der Waals surface area contributed by atoms with Crippen molar-refractivity contribution in [2.24, 2.45) is 0 Å². The minimum Gasteiger partial charge on any atom is -0.481 e. The minimum atomic E-state index is -0.886. The van der Waals surface area contributed by atoms with Crippen LogP contribution in [0.1, 0.15) is 39.0 Å². The molecule has 0 aromatic carbocycles. The quantitative estimate of drug-likeness (QED) is 0.795. The van der Waals surface area contributed by atoms with E-state index >= 15 is 0 Å². The van der Waals surface area contributed by atoms with Crippen LogP contribution in [0.15, 0.2) is 0 Å². The molecule has 2 rings (SSSR count). The summed E-state index contributed by atoms with van der Waals surface area (Å²) in [6.07, 6.45) is 2.88. The van der Waals surface area contributed by atoms with Crippen LogP contribution in [0.4, 0.5) is 4.79 Å². The molecule has 2 atom stereocenters. The summed E-state index contributed by atoms with van der Waals surface area (Å²) in [6, 6.07) is 0.184. The molecule has 0 aromatic rings. The molecule has 2 saturated heterocycles. The number of aliphatic carboxylic acids is 1. The molecule has 108 valence electrons. The van der Waals surface area contributed by atoms with Gasteiger partial charge in [-0.25, -0.2) is 4.79 Å². The number of rotatable bonds is 4. The van der Waals surface area contributed by atoms with Gasteiger partial charge in [-0.15, -0.1) is 0 Å². The number of hydrogen-bond acceptors (Lipinski definition) is 3. The summed E-state index contributed by atoms with van der Waals surface area (Å²) in [4.78, 5) is 26.6. The lowest BCUT2D eigenvalue weighted by atomic mass is 10.0. The van der Waals surface area contributed by atoms with Crippen LogP contribution in [-0.2, 0) is 4.79 Å². The first-order valence-electron chi connectivity index (χ1n) is 7.00. The van der Waals surface area contributed by atoms with Gasteiger partial charge in [0.25, 0.3) is 0 Å². The van der Waals surface area contributed by atoms with E-state index in [1.807, 2.05) is 11.8 Å². The molecular formula is C13H22N2O4. The molecule has 2 bridgehead atoms. The second kappa shape index (κ2) is 5.77. The Morgan fingerprint density at radius 3 is 2.32 bits per heavy atom. The summed E-state index contributed by atoms with van der Waals surface area (Å²) < 4.78 is 0. The largest absolute Gasteiger partial charge is 0.481 e. The van der Waals surface area contributed by atoms with Crippen LogP contribution in [0.5, 0.6) is 0 Å². The predicted molar refractivity (Wildman–Crippen MR) is 68.8 cm³/mol. The molecule has 0 saturated carbocycles. The second-order valence-corrected chi connectivity index (χ2v) is 5.42. The van der Waals surface area contributed by atoms with Crippen LogP contribution in [0.2, 0.25) is 0 Å². The molecule has 2 fully saturated rings. The van der Waals surface area contributed by atoms with Crippen molar-refractivity contribution in [3.63, 3.8) is 0 Å². The molecule has 0 aliphatic carbocycles. The average molecular weight is 270 g/mol. The van der Waals surface area contributed by atoms with Crippen molar-refractivity contribution in [1.29, 1.82) is 0 Å². The third-order valence-electron chi connectivity index (χ3n) is 4.18. The smallest absolute Gasteiger partial charge is 0.320 e. The highest BCUT2D eigenvalue weighted by molar-refractivity contribution is 5.76. The van der Waals surface area contributed by atoms with Crippen LogP contribution in [-0.4, -0.2) is 63.3 Å². The fraction of sp³-hybridized carbons (Fsp3) is 0.846. The molecule has 0 aromatic heterocycles. The number of carboxylic acid groups (broad SMARTS) is 1. The number of carbonyl (C=O) groups is 2. The maximum atomic E-state index is 12.5. The van der Waals surface area contributed by atoms with E-state index in [1.54, 1.807) is 4.90 Å². The topological polar surface area (TPSA) is 81.1 Å². The van der Waals surface area contributed by atoms with Gasteiger partial charge < -0.3 is 20.0 Å². The Morgan fingerprint density at radius 2 is 1.84 bits per heavy atom. The Hall–Kier alpha value is -1.30. The molecule has 6 nitrogen and oxygen atoms in total. The summed E-state index contributed by atoms with van der Waals surface area (Å²) >= 11 is 0. The van der Waals surface area contributed by atoms with Crippen molar-refractivity contribution in [1.82, 2.24) is 9.80 Å². The van der Waals surface area contributed by atoms with Crippen LogP contribution >= 0.6 is 0 Å². The van der Waals surface area contributed by atoms with Gasteiger partial charge >= 0.3 is 12.0 Å². The zero-order valence-electron chi connectivity index (χ0n) is 11.3. The summed E-state index contributed by atoms with van der Waals surface area (Å²) in [5.41, 5.74) is 0. The van der Waals surface area contributed by atoms with E-state index in [0.29, 0.717) is 19.4 Å². The van der Waals surface area contributed by atoms with Crippen LogP contribution in [0.25, 0.3) is 0 Å². The van der Waals surface area contributed by atoms with E-state index in [2.05, 4.69) is 0 Å². The van der Waals surface area contributed by atoms with E-state index < -0.39 is 5.97 Å². The van der Waals surface area contributed by atoms with Gasteiger partial charge in [0, 0.05) is 25.2 Å². The summed E-state index contributed by atoms with van der Waals surface area (Å²) in [5, 5.41) is 18.4. The third kappa shape index (κ3) is 3.00. The zero-order chi connectivity index (χ0) is 14.0. The minimum absolute atomic E-state index is 0.0224. The maximum Gasteiger partial charge on any atom is 0.320 e. The SMILES string of the molecule is CCN(CCC(=O)O)C(=O)N1C2CCC1CC(O)C2. The second-order valence-electron chi connectivity index (χ2n) is 5.42. The first kappa shape index (κ1) is 14.1. The Balaban J connectivity index is 2.00. The molecule has 2 amide bonds. The van der Waals surface area contributed by atoms with E-state index in [4.69, 9.17) is 5.11 Å². The van der Waals surface area contributed by atoms with E-state index in [0.717, 1.165) is 12.8 Å². The number of fused-ring (bicyclic) bond motifs is 2. The highest BCUT2D eigenvalue weighted by atomic mass is 16.4. The third-order valence-corrected chi connectivity index (χ3v) is 4.18. The number of nitrogens with zero attached hydrogens (tertiary/aromatic N) is 2. The number of aliphatic hydroxyl groups is 1. The van der Waals surface area contributed by atoms with Crippen LogP contribution in [0.3, 0.4) is 0 Å². The van der Waals surface area contributed by atoms with Crippen molar-refractivity contribution in [3.8, 4) is 0 Å². The predicted octanol–water partition coefficient (Wildman–Crippen LogP) is 0.891. The van der Waals surface area contributed by atoms with Gasteiger partial charge in [0.05, 0.1) is 12.5 Å². The number of aliphatic hydroxyl groups excluding tert-OH is 1. The maximum absolute atomic E-state index is 12.5. The lowest BCUT2D eigenvalue weighted by Crippen LogP contribution is -2.53. The number of carboxylic acids is 1. The van der Waals surface area contributed by atoms with Gasteiger partial charge in [0.15, 0.2) is 0 Å².